The second-order valence-corrected chi connectivity index (χ2v) is 8.85. The lowest BCUT2D eigenvalue weighted by Gasteiger charge is -2.25. The lowest BCUT2D eigenvalue weighted by atomic mass is 9.85. The van der Waals surface area contributed by atoms with E-state index in [2.05, 4.69) is 23.1 Å². The summed E-state index contributed by atoms with van der Waals surface area (Å²) in [5, 5.41) is 4.38. The summed E-state index contributed by atoms with van der Waals surface area (Å²) in [7, 11) is 0. The Hall–Kier alpha value is -3.35. The molecule has 3 heterocycles. The predicted octanol–water partition coefficient (Wildman–Crippen LogP) is 5.44. The highest BCUT2D eigenvalue weighted by Gasteiger charge is 2.31. The number of allylic oxidation sites excluding steroid dienone is 3. The first-order valence-corrected chi connectivity index (χ1v) is 11.2. The molecule has 1 aliphatic carbocycles. The average Bonchev–Trinajstić information content (AvgIpc) is 3.14. The number of aliphatic imine (C=N–C) groups is 1. The van der Waals surface area contributed by atoms with E-state index < -0.39 is 0 Å². The van der Waals surface area contributed by atoms with Gasteiger partial charge in [0.1, 0.15) is 29.2 Å². The molecule has 2 aliphatic rings. The third-order valence-electron chi connectivity index (χ3n) is 6.82. The van der Waals surface area contributed by atoms with Crippen LogP contribution in [0.2, 0.25) is 0 Å². The molecule has 1 aliphatic heterocycles. The van der Waals surface area contributed by atoms with E-state index in [1.165, 1.54) is 12.7 Å². The lowest BCUT2D eigenvalue weighted by molar-refractivity contribution is 0.396. The Morgan fingerprint density at radius 1 is 1.16 bits per heavy atom. The molecule has 6 nitrogen and oxygen atoms in total. The zero-order chi connectivity index (χ0) is 22.4. The second-order valence-electron chi connectivity index (χ2n) is 8.85. The van der Waals surface area contributed by atoms with Gasteiger partial charge in [0.15, 0.2) is 5.82 Å². The highest BCUT2D eigenvalue weighted by Crippen LogP contribution is 2.39. The van der Waals surface area contributed by atoms with E-state index in [0.29, 0.717) is 34.2 Å². The van der Waals surface area contributed by atoms with Crippen LogP contribution in [-0.2, 0) is 0 Å². The van der Waals surface area contributed by atoms with Crippen molar-refractivity contribution in [1.29, 1.82) is 0 Å². The van der Waals surface area contributed by atoms with Gasteiger partial charge in [0.2, 0.25) is 0 Å². The number of nitrogen functional groups attached to an aromatic ring is 1. The highest BCUT2D eigenvalue weighted by atomic mass is 19.1. The van der Waals surface area contributed by atoms with E-state index in [1.807, 2.05) is 37.3 Å². The third kappa shape index (κ3) is 3.32. The molecule has 2 atom stereocenters. The highest BCUT2D eigenvalue weighted by molar-refractivity contribution is 6.09. The summed E-state index contributed by atoms with van der Waals surface area (Å²) in [6.07, 6.45) is 6.82. The van der Waals surface area contributed by atoms with Crippen molar-refractivity contribution in [2.24, 2.45) is 16.8 Å². The number of hydrogen-bond acceptors (Lipinski definition) is 5. The number of fused-ring (bicyclic) bond motifs is 1. The average molecular weight is 431 g/mol. The van der Waals surface area contributed by atoms with Crippen molar-refractivity contribution in [3.63, 3.8) is 0 Å². The molecule has 1 fully saturated rings. The quantitative estimate of drug-likeness (QED) is 0.597. The summed E-state index contributed by atoms with van der Waals surface area (Å²) in [5.41, 5.74) is 9.90. The van der Waals surface area contributed by atoms with Crippen molar-refractivity contribution in [1.82, 2.24) is 19.6 Å². The van der Waals surface area contributed by atoms with E-state index in [1.54, 1.807) is 11.4 Å². The molecule has 0 amide bonds. The first-order chi connectivity index (χ1) is 15.5. The number of benzene rings is 1. The first kappa shape index (κ1) is 20.5. The molecule has 3 aromatic rings. The normalized spacial score (nSPS) is 22.2. The summed E-state index contributed by atoms with van der Waals surface area (Å²) < 4.78 is 17.8. The topological polar surface area (TPSA) is 81.5 Å². The zero-order valence-electron chi connectivity index (χ0n) is 18.6. The van der Waals surface area contributed by atoms with Crippen LogP contribution < -0.4 is 5.73 Å². The second kappa shape index (κ2) is 7.97. The van der Waals surface area contributed by atoms with Crippen LogP contribution in [0, 0.1) is 11.8 Å². The van der Waals surface area contributed by atoms with Gasteiger partial charge in [-0.25, -0.2) is 23.9 Å². The molecule has 0 bridgehead atoms. The number of rotatable bonds is 4. The molecule has 1 aromatic carbocycles. The minimum atomic E-state index is -0.353. The fourth-order valence-corrected chi connectivity index (χ4v) is 4.40. The number of anilines is 1. The summed E-state index contributed by atoms with van der Waals surface area (Å²) in [5.74, 6) is 1.19. The molecule has 164 valence electrons. The van der Waals surface area contributed by atoms with Crippen molar-refractivity contribution >= 4 is 28.3 Å². The molecule has 2 unspecified atom stereocenters. The van der Waals surface area contributed by atoms with Crippen molar-refractivity contribution in [3.8, 4) is 0 Å². The largest absolute Gasteiger partial charge is 0.382 e. The first-order valence-electron chi connectivity index (χ1n) is 11.2. The monoisotopic (exact) mass is 430 g/mol. The van der Waals surface area contributed by atoms with Crippen molar-refractivity contribution < 1.29 is 4.39 Å². The Kier molecular flexibility index (Phi) is 5.12. The number of nitrogens with zero attached hydrogens (tertiary/aromatic N) is 5. The van der Waals surface area contributed by atoms with Crippen LogP contribution in [0.25, 0.3) is 16.8 Å². The van der Waals surface area contributed by atoms with Crippen LogP contribution in [0.3, 0.4) is 0 Å². The van der Waals surface area contributed by atoms with Gasteiger partial charge >= 0.3 is 0 Å². The molecule has 7 heteroatoms. The molecular weight excluding hydrogens is 403 g/mol. The van der Waals surface area contributed by atoms with Crippen molar-refractivity contribution in [2.75, 3.05) is 5.73 Å². The number of aromatic nitrogens is 4. The van der Waals surface area contributed by atoms with Gasteiger partial charge in [0.05, 0.1) is 11.4 Å². The smallest absolute Gasteiger partial charge is 0.153 e. The van der Waals surface area contributed by atoms with Gasteiger partial charge in [-0.15, -0.1) is 0 Å². The van der Waals surface area contributed by atoms with Crippen molar-refractivity contribution in [2.45, 2.75) is 46.0 Å². The molecular formula is C25H27FN6. The maximum absolute atomic E-state index is 16.0. The van der Waals surface area contributed by atoms with E-state index in [0.717, 1.165) is 29.9 Å². The van der Waals surface area contributed by atoms with Crippen LogP contribution >= 0.6 is 0 Å². The standard InChI is InChI=1S/C25H27FN6/c1-14-12-19(17-8-5-4-6-9-17)30-21(15(14)2)20(26)16(3)22-23-24(27)28-13-29-32(23)25(31-22)18-10-7-11-18/h4-6,8-9,12-15,18H,7,10-11H2,1-3H3,(H2,27,28,29)/b20-16-. The summed E-state index contributed by atoms with van der Waals surface area (Å²) in [4.78, 5) is 13.7. The molecule has 0 saturated heterocycles. The van der Waals surface area contributed by atoms with Crippen LogP contribution in [0.4, 0.5) is 10.2 Å². The van der Waals surface area contributed by atoms with Gasteiger partial charge in [0.25, 0.3) is 0 Å². The van der Waals surface area contributed by atoms with Gasteiger partial charge in [0, 0.05) is 17.4 Å². The molecule has 2 N–H and O–H groups in total. The van der Waals surface area contributed by atoms with Crippen molar-refractivity contribution in [3.05, 3.63) is 65.6 Å². The van der Waals surface area contributed by atoms with Crippen LogP contribution in [0.15, 0.2) is 53.6 Å². The van der Waals surface area contributed by atoms with E-state index in [4.69, 9.17) is 15.7 Å². The molecule has 0 spiro atoms. The Morgan fingerprint density at radius 2 is 1.91 bits per heavy atom. The number of imidazole rings is 1. The molecule has 5 rings (SSSR count). The molecule has 32 heavy (non-hydrogen) atoms. The minimum absolute atomic E-state index is 0.0639. The summed E-state index contributed by atoms with van der Waals surface area (Å²) in [6, 6.07) is 9.89. The maximum atomic E-state index is 16.0. The van der Waals surface area contributed by atoms with Gasteiger partial charge in [-0.05, 0) is 31.2 Å². The molecule has 1 saturated carbocycles. The predicted molar refractivity (Wildman–Crippen MR) is 126 cm³/mol. The number of hydrogen-bond donors (Lipinski definition) is 1. The van der Waals surface area contributed by atoms with Gasteiger partial charge < -0.3 is 5.73 Å². The van der Waals surface area contributed by atoms with Crippen LogP contribution in [0.5, 0.6) is 0 Å². The Labute approximate surface area is 186 Å². The fourth-order valence-electron chi connectivity index (χ4n) is 4.40. The Bertz CT molecular complexity index is 1270. The third-order valence-corrected chi connectivity index (χ3v) is 6.82. The molecule has 2 aromatic heterocycles. The SMILES string of the molecule is C/C(=C(/F)C1=NC(c2ccccc2)=CC(C)C1C)c1nc(C2CCC2)n2ncnc(N)c12. The molecule has 0 radical (unpaired) electrons. The number of nitrogens with two attached hydrogens (primary N) is 1. The van der Waals surface area contributed by atoms with Gasteiger partial charge in [-0.3, -0.25) is 0 Å². The van der Waals surface area contributed by atoms with Gasteiger partial charge in [-0.2, -0.15) is 5.10 Å². The zero-order valence-corrected chi connectivity index (χ0v) is 18.6. The van der Waals surface area contributed by atoms with Crippen LogP contribution in [0.1, 0.15) is 63.0 Å². The fraction of sp³-hybridized carbons (Fsp3) is 0.360. The van der Waals surface area contributed by atoms with E-state index in [9.17, 15) is 0 Å². The lowest BCUT2D eigenvalue weighted by Crippen LogP contribution is -2.22. The summed E-state index contributed by atoms with van der Waals surface area (Å²) >= 11 is 0. The minimum Gasteiger partial charge on any atom is -0.382 e. The maximum Gasteiger partial charge on any atom is 0.153 e. The summed E-state index contributed by atoms with van der Waals surface area (Å²) in [6.45, 7) is 5.85. The van der Waals surface area contributed by atoms with Gasteiger partial charge in [-0.1, -0.05) is 56.7 Å². The van der Waals surface area contributed by atoms with E-state index >= 15 is 4.39 Å². The Balaban J connectivity index is 1.64. The van der Waals surface area contributed by atoms with E-state index in [-0.39, 0.29) is 17.7 Å². The Morgan fingerprint density at radius 3 is 2.59 bits per heavy atom. The van der Waals surface area contributed by atoms with Crippen LogP contribution in [-0.4, -0.2) is 25.3 Å². The number of halogens is 1.